The Hall–Kier alpha value is -2.50. The van der Waals surface area contributed by atoms with Crippen molar-refractivity contribution in [3.8, 4) is 0 Å². The summed E-state index contributed by atoms with van der Waals surface area (Å²) in [6.45, 7) is 1.99. The first-order valence-electron chi connectivity index (χ1n) is 6.71. The summed E-state index contributed by atoms with van der Waals surface area (Å²) in [6, 6.07) is 8.71. The number of carbonyl (C=O) groups is 1. The molecule has 0 radical (unpaired) electrons. The molecule has 1 aliphatic rings. The number of pyridine rings is 1. The van der Waals surface area contributed by atoms with E-state index in [0.29, 0.717) is 0 Å². The van der Waals surface area contributed by atoms with Gasteiger partial charge in [-0.1, -0.05) is 18.2 Å². The molecule has 21 heavy (non-hydrogen) atoms. The molecule has 1 aromatic carbocycles. The van der Waals surface area contributed by atoms with Crippen molar-refractivity contribution in [1.29, 1.82) is 0 Å². The quantitative estimate of drug-likeness (QED) is 0.489. The van der Waals surface area contributed by atoms with Crippen LogP contribution < -0.4 is 0 Å². The number of para-hydroxylation sites is 1. The molecule has 1 heterocycles. The van der Waals surface area contributed by atoms with Crippen molar-refractivity contribution in [1.82, 2.24) is 4.98 Å². The Morgan fingerprint density at radius 2 is 2.24 bits per heavy atom. The summed E-state index contributed by atoms with van der Waals surface area (Å²) < 4.78 is 5.22. The van der Waals surface area contributed by atoms with E-state index in [2.05, 4.69) is 4.98 Å². The molecule has 6 heteroatoms. The van der Waals surface area contributed by atoms with E-state index in [-0.39, 0.29) is 13.0 Å². The Labute approximate surface area is 120 Å². The molecule has 6 nitrogen and oxygen atoms in total. The summed E-state index contributed by atoms with van der Waals surface area (Å²) >= 11 is 0. The average molecular weight is 286 g/mol. The minimum atomic E-state index is -0.770. The maximum atomic E-state index is 11.8. The first kappa shape index (κ1) is 13.5. The lowest BCUT2D eigenvalue weighted by Gasteiger charge is -2.08. The van der Waals surface area contributed by atoms with Gasteiger partial charge in [0.2, 0.25) is 6.04 Å². The minimum absolute atomic E-state index is 0.115. The van der Waals surface area contributed by atoms with E-state index in [1.807, 2.05) is 37.3 Å². The standard InChI is InChI=1S/C15H14N2O4/c1-9-6-10(11-4-2-3-5-13(11)16-9)8-21-15(18)12-7-14(12)17(19)20/h2-6,12,14H,7-8H2,1H3/t12-,14+/m1/s1. The maximum absolute atomic E-state index is 11.8. The predicted octanol–water partition coefficient (Wildman–Crippen LogP) is 2.25. The topological polar surface area (TPSA) is 82.3 Å². The third-order valence-electron chi connectivity index (χ3n) is 3.63. The highest BCUT2D eigenvalue weighted by Crippen LogP contribution is 2.34. The number of nitro groups is 1. The molecule has 1 aromatic heterocycles. The monoisotopic (exact) mass is 286 g/mol. The summed E-state index contributed by atoms with van der Waals surface area (Å²) in [5.41, 5.74) is 2.55. The SMILES string of the molecule is Cc1cc(COC(=O)[C@@H]2C[C@@H]2[N+](=O)[O-])c2ccccc2n1. The van der Waals surface area contributed by atoms with Crippen LogP contribution in [0.2, 0.25) is 0 Å². The zero-order chi connectivity index (χ0) is 15.0. The van der Waals surface area contributed by atoms with Gasteiger partial charge in [-0.05, 0) is 19.1 Å². The number of hydrogen-bond donors (Lipinski definition) is 0. The van der Waals surface area contributed by atoms with Gasteiger partial charge in [-0.2, -0.15) is 0 Å². The van der Waals surface area contributed by atoms with Gasteiger partial charge in [0, 0.05) is 28.0 Å². The zero-order valence-corrected chi connectivity index (χ0v) is 11.5. The van der Waals surface area contributed by atoms with E-state index in [9.17, 15) is 14.9 Å². The van der Waals surface area contributed by atoms with Crippen LogP contribution in [0.5, 0.6) is 0 Å². The van der Waals surface area contributed by atoms with Crippen molar-refractivity contribution in [3.05, 3.63) is 51.7 Å². The Kier molecular flexibility index (Phi) is 3.29. The average Bonchev–Trinajstić information content (AvgIpc) is 3.25. The van der Waals surface area contributed by atoms with Crippen LogP contribution in [0.15, 0.2) is 30.3 Å². The molecule has 0 N–H and O–H groups in total. The molecule has 0 spiro atoms. The Bertz CT molecular complexity index is 729. The molecule has 108 valence electrons. The predicted molar refractivity (Wildman–Crippen MR) is 75.2 cm³/mol. The zero-order valence-electron chi connectivity index (χ0n) is 11.5. The Morgan fingerprint density at radius 1 is 1.48 bits per heavy atom. The molecular weight excluding hydrogens is 272 g/mol. The first-order chi connectivity index (χ1) is 10.1. The fourth-order valence-corrected chi connectivity index (χ4v) is 2.44. The molecule has 1 fully saturated rings. The molecule has 0 saturated heterocycles. The van der Waals surface area contributed by atoms with Gasteiger partial charge in [0.15, 0.2) is 0 Å². The van der Waals surface area contributed by atoms with Gasteiger partial charge in [0.25, 0.3) is 0 Å². The second-order valence-electron chi connectivity index (χ2n) is 5.24. The molecule has 3 rings (SSSR count). The summed E-state index contributed by atoms with van der Waals surface area (Å²) in [6.07, 6.45) is 0.280. The maximum Gasteiger partial charge on any atom is 0.316 e. The first-order valence-corrected chi connectivity index (χ1v) is 6.71. The van der Waals surface area contributed by atoms with Crippen LogP contribution in [0.4, 0.5) is 0 Å². The van der Waals surface area contributed by atoms with Crippen LogP contribution in [0.3, 0.4) is 0 Å². The van der Waals surface area contributed by atoms with Crippen molar-refractivity contribution in [2.45, 2.75) is 26.0 Å². The minimum Gasteiger partial charge on any atom is -0.460 e. The van der Waals surface area contributed by atoms with Gasteiger partial charge in [0.05, 0.1) is 5.52 Å². The second kappa shape index (κ2) is 5.12. The van der Waals surface area contributed by atoms with Crippen LogP contribution in [0, 0.1) is 23.0 Å². The van der Waals surface area contributed by atoms with E-state index >= 15 is 0 Å². The summed E-state index contributed by atoms with van der Waals surface area (Å²) in [5, 5.41) is 11.5. The van der Waals surface area contributed by atoms with Crippen molar-refractivity contribution in [3.63, 3.8) is 0 Å². The summed E-state index contributed by atoms with van der Waals surface area (Å²) in [5.74, 6) is -1.08. The van der Waals surface area contributed by atoms with Crippen molar-refractivity contribution in [2.75, 3.05) is 0 Å². The highest BCUT2D eigenvalue weighted by molar-refractivity contribution is 5.82. The van der Waals surface area contributed by atoms with Crippen LogP contribution in [0.1, 0.15) is 17.7 Å². The molecule has 1 aliphatic carbocycles. The summed E-state index contributed by atoms with van der Waals surface area (Å²) in [4.78, 5) is 26.3. The largest absolute Gasteiger partial charge is 0.460 e. The van der Waals surface area contributed by atoms with Gasteiger partial charge >= 0.3 is 5.97 Å². The number of rotatable bonds is 4. The molecule has 0 amide bonds. The highest BCUT2D eigenvalue weighted by Gasteiger charge is 2.54. The molecule has 2 aromatic rings. The fourth-order valence-electron chi connectivity index (χ4n) is 2.44. The van der Waals surface area contributed by atoms with Crippen LogP contribution in [0.25, 0.3) is 10.9 Å². The number of hydrogen-bond acceptors (Lipinski definition) is 5. The molecule has 0 bridgehead atoms. The van der Waals surface area contributed by atoms with Gasteiger partial charge in [-0.15, -0.1) is 0 Å². The third-order valence-corrected chi connectivity index (χ3v) is 3.63. The molecular formula is C15H14N2O4. The third kappa shape index (κ3) is 2.69. The molecule has 2 atom stereocenters. The smallest absolute Gasteiger partial charge is 0.316 e. The Morgan fingerprint density at radius 3 is 2.95 bits per heavy atom. The summed E-state index contributed by atoms with van der Waals surface area (Å²) in [7, 11) is 0. The normalized spacial score (nSPS) is 20.2. The van der Waals surface area contributed by atoms with Crippen molar-refractivity contribution in [2.24, 2.45) is 5.92 Å². The van der Waals surface area contributed by atoms with Gasteiger partial charge in [-0.3, -0.25) is 19.9 Å². The fraction of sp³-hybridized carbons (Fsp3) is 0.333. The lowest BCUT2D eigenvalue weighted by molar-refractivity contribution is -0.497. The van der Waals surface area contributed by atoms with E-state index in [1.54, 1.807) is 0 Å². The molecule has 0 unspecified atom stereocenters. The lowest BCUT2D eigenvalue weighted by Crippen LogP contribution is -2.13. The number of esters is 1. The van der Waals surface area contributed by atoms with E-state index in [0.717, 1.165) is 22.2 Å². The number of aryl methyl sites for hydroxylation is 1. The van der Waals surface area contributed by atoms with Crippen molar-refractivity contribution >= 4 is 16.9 Å². The van der Waals surface area contributed by atoms with Crippen LogP contribution in [-0.2, 0) is 16.1 Å². The van der Waals surface area contributed by atoms with Crippen LogP contribution in [-0.4, -0.2) is 21.9 Å². The number of ether oxygens (including phenoxy) is 1. The van der Waals surface area contributed by atoms with Gasteiger partial charge in [-0.25, -0.2) is 0 Å². The molecule has 0 aliphatic heterocycles. The van der Waals surface area contributed by atoms with E-state index in [1.165, 1.54) is 0 Å². The van der Waals surface area contributed by atoms with Gasteiger partial charge < -0.3 is 4.74 Å². The second-order valence-corrected chi connectivity index (χ2v) is 5.24. The number of fused-ring (bicyclic) bond motifs is 1. The number of benzene rings is 1. The van der Waals surface area contributed by atoms with E-state index in [4.69, 9.17) is 4.74 Å². The van der Waals surface area contributed by atoms with E-state index < -0.39 is 22.9 Å². The number of nitrogens with zero attached hydrogens (tertiary/aromatic N) is 2. The number of carbonyl (C=O) groups excluding carboxylic acids is 1. The van der Waals surface area contributed by atoms with Gasteiger partial charge in [0.1, 0.15) is 12.5 Å². The molecule has 1 saturated carbocycles. The number of aromatic nitrogens is 1. The van der Waals surface area contributed by atoms with Crippen LogP contribution >= 0.6 is 0 Å². The van der Waals surface area contributed by atoms with Crippen molar-refractivity contribution < 1.29 is 14.5 Å². The highest BCUT2D eigenvalue weighted by atomic mass is 16.6. The Balaban J connectivity index is 1.74. The lowest BCUT2D eigenvalue weighted by atomic mass is 10.1.